The van der Waals surface area contributed by atoms with Crippen LogP contribution in [0.2, 0.25) is 0 Å². The minimum atomic E-state index is -0.133. The van der Waals surface area contributed by atoms with Gasteiger partial charge >= 0.3 is 0 Å². The summed E-state index contributed by atoms with van der Waals surface area (Å²) in [7, 11) is 0. The molecule has 0 spiro atoms. The van der Waals surface area contributed by atoms with Gasteiger partial charge in [0, 0.05) is 6.54 Å². The molecular weight excluding hydrogens is 224 g/mol. The lowest BCUT2D eigenvalue weighted by atomic mass is 9.81. The SMILES string of the molecule is CCC(CC)[C@@H](C(N)=O)N1CCC(CC)(CC)C1. The zero-order valence-electron chi connectivity index (χ0n) is 12.5. The number of likely N-dealkylation sites (tertiary alicyclic amines) is 1. The van der Waals surface area contributed by atoms with Gasteiger partial charge in [-0.25, -0.2) is 0 Å². The topological polar surface area (TPSA) is 46.3 Å². The summed E-state index contributed by atoms with van der Waals surface area (Å²) in [6.07, 6.45) is 5.68. The summed E-state index contributed by atoms with van der Waals surface area (Å²) in [6.45, 7) is 10.9. The van der Waals surface area contributed by atoms with Crippen LogP contribution in [0.4, 0.5) is 0 Å². The predicted molar refractivity (Wildman–Crippen MR) is 76.3 cm³/mol. The van der Waals surface area contributed by atoms with E-state index >= 15 is 0 Å². The second-order valence-corrected chi connectivity index (χ2v) is 5.85. The molecule has 3 nitrogen and oxygen atoms in total. The fourth-order valence-electron chi connectivity index (χ4n) is 3.48. The van der Waals surface area contributed by atoms with Gasteiger partial charge in [0.1, 0.15) is 0 Å². The van der Waals surface area contributed by atoms with E-state index in [1.54, 1.807) is 0 Å². The van der Waals surface area contributed by atoms with Crippen LogP contribution in [0.5, 0.6) is 0 Å². The van der Waals surface area contributed by atoms with E-state index in [-0.39, 0.29) is 11.9 Å². The second-order valence-electron chi connectivity index (χ2n) is 5.85. The Morgan fingerprint density at radius 1 is 1.22 bits per heavy atom. The number of nitrogens with zero attached hydrogens (tertiary/aromatic N) is 1. The fraction of sp³-hybridized carbons (Fsp3) is 0.933. The van der Waals surface area contributed by atoms with E-state index in [2.05, 4.69) is 32.6 Å². The number of amides is 1. The normalized spacial score (nSPS) is 21.4. The summed E-state index contributed by atoms with van der Waals surface area (Å²) in [5, 5.41) is 0. The summed E-state index contributed by atoms with van der Waals surface area (Å²) < 4.78 is 0. The highest BCUT2D eigenvalue weighted by atomic mass is 16.1. The van der Waals surface area contributed by atoms with E-state index in [4.69, 9.17) is 5.73 Å². The lowest BCUT2D eigenvalue weighted by Gasteiger charge is -2.33. The molecule has 0 aromatic carbocycles. The van der Waals surface area contributed by atoms with Gasteiger partial charge in [-0.2, -0.15) is 0 Å². The molecular formula is C15H30N2O. The van der Waals surface area contributed by atoms with Crippen LogP contribution in [-0.2, 0) is 4.79 Å². The molecule has 0 saturated carbocycles. The Morgan fingerprint density at radius 2 is 1.78 bits per heavy atom. The maximum atomic E-state index is 11.8. The third-order valence-corrected chi connectivity index (χ3v) is 5.15. The molecule has 1 amide bonds. The number of hydrogen-bond acceptors (Lipinski definition) is 2. The van der Waals surface area contributed by atoms with Gasteiger partial charge in [0.25, 0.3) is 0 Å². The Morgan fingerprint density at radius 3 is 2.11 bits per heavy atom. The van der Waals surface area contributed by atoms with Crippen molar-refractivity contribution in [3.05, 3.63) is 0 Å². The first-order chi connectivity index (χ1) is 8.53. The van der Waals surface area contributed by atoms with Crippen molar-refractivity contribution in [2.45, 2.75) is 65.8 Å². The van der Waals surface area contributed by atoms with Crippen LogP contribution in [0.15, 0.2) is 0 Å². The predicted octanol–water partition coefficient (Wildman–Crippen LogP) is 2.79. The standard InChI is InChI=1S/C15H30N2O/c1-5-12(6-2)13(14(16)18)17-10-9-15(7-3,8-4)11-17/h12-13H,5-11H2,1-4H3,(H2,16,18)/t13-/m0/s1. The van der Waals surface area contributed by atoms with Gasteiger partial charge in [-0.05, 0) is 37.1 Å². The number of carbonyl (C=O) groups is 1. The number of rotatable bonds is 7. The lowest BCUT2D eigenvalue weighted by molar-refractivity contribution is -0.125. The van der Waals surface area contributed by atoms with Crippen LogP contribution in [0.1, 0.15) is 59.8 Å². The van der Waals surface area contributed by atoms with Gasteiger partial charge in [-0.1, -0.05) is 40.5 Å². The molecule has 0 radical (unpaired) electrons. The maximum absolute atomic E-state index is 11.8. The largest absolute Gasteiger partial charge is 0.368 e. The van der Waals surface area contributed by atoms with E-state index in [9.17, 15) is 4.79 Å². The third-order valence-electron chi connectivity index (χ3n) is 5.15. The fourth-order valence-corrected chi connectivity index (χ4v) is 3.48. The Labute approximate surface area is 112 Å². The Balaban J connectivity index is 2.81. The maximum Gasteiger partial charge on any atom is 0.235 e. The van der Waals surface area contributed by atoms with Crippen molar-refractivity contribution >= 4 is 5.91 Å². The van der Waals surface area contributed by atoms with Crippen LogP contribution < -0.4 is 5.73 Å². The smallest absolute Gasteiger partial charge is 0.235 e. The minimum Gasteiger partial charge on any atom is -0.368 e. The molecule has 2 N–H and O–H groups in total. The second kappa shape index (κ2) is 6.55. The van der Waals surface area contributed by atoms with Crippen LogP contribution in [0, 0.1) is 11.3 Å². The van der Waals surface area contributed by atoms with Crippen molar-refractivity contribution in [1.82, 2.24) is 4.90 Å². The van der Waals surface area contributed by atoms with Crippen LogP contribution in [0.25, 0.3) is 0 Å². The number of primary amides is 1. The first kappa shape index (κ1) is 15.5. The molecule has 0 unspecified atom stereocenters. The van der Waals surface area contributed by atoms with Crippen molar-refractivity contribution in [2.24, 2.45) is 17.1 Å². The molecule has 1 aliphatic heterocycles. The molecule has 1 heterocycles. The summed E-state index contributed by atoms with van der Waals surface area (Å²) >= 11 is 0. The number of carbonyl (C=O) groups excluding carboxylic acids is 1. The van der Waals surface area contributed by atoms with E-state index in [0.29, 0.717) is 11.3 Å². The first-order valence-corrected chi connectivity index (χ1v) is 7.56. The van der Waals surface area contributed by atoms with E-state index < -0.39 is 0 Å². The van der Waals surface area contributed by atoms with E-state index in [0.717, 1.165) is 25.9 Å². The summed E-state index contributed by atoms with van der Waals surface area (Å²) in [5.41, 5.74) is 6.08. The van der Waals surface area contributed by atoms with Crippen molar-refractivity contribution in [3.63, 3.8) is 0 Å². The molecule has 0 bridgehead atoms. The molecule has 106 valence electrons. The molecule has 1 saturated heterocycles. The molecule has 1 fully saturated rings. The van der Waals surface area contributed by atoms with Gasteiger partial charge in [-0.15, -0.1) is 0 Å². The van der Waals surface area contributed by atoms with E-state index in [1.807, 2.05) is 0 Å². The Kier molecular flexibility index (Phi) is 5.64. The quantitative estimate of drug-likeness (QED) is 0.759. The molecule has 3 heteroatoms. The zero-order chi connectivity index (χ0) is 13.8. The molecule has 1 atom stereocenters. The van der Waals surface area contributed by atoms with Gasteiger partial charge in [0.05, 0.1) is 6.04 Å². The number of nitrogens with two attached hydrogens (primary N) is 1. The molecule has 0 aliphatic carbocycles. The molecule has 18 heavy (non-hydrogen) atoms. The summed E-state index contributed by atoms with van der Waals surface area (Å²) in [6, 6.07) is -0.0556. The van der Waals surface area contributed by atoms with E-state index in [1.165, 1.54) is 19.3 Å². The first-order valence-electron chi connectivity index (χ1n) is 7.56. The lowest BCUT2D eigenvalue weighted by Crippen LogP contribution is -2.48. The Bertz CT molecular complexity index is 270. The van der Waals surface area contributed by atoms with Gasteiger partial charge < -0.3 is 5.73 Å². The number of hydrogen-bond donors (Lipinski definition) is 1. The van der Waals surface area contributed by atoms with Crippen molar-refractivity contribution < 1.29 is 4.79 Å². The average molecular weight is 254 g/mol. The van der Waals surface area contributed by atoms with Crippen molar-refractivity contribution in [1.29, 1.82) is 0 Å². The molecule has 0 aromatic heterocycles. The highest BCUT2D eigenvalue weighted by Crippen LogP contribution is 2.39. The molecule has 1 rings (SSSR count). The van der Waals surface area contributed by atoms with Crippen LogP contribution in [0.3, 0.4) is 0 Å². The summed E-state index contributed by atoms with van der Waals surface area (Å²) in [4.78, 5) is 14.2. The highest BCUT2D eigenvalue weighted by Gasteiger charge is 2.41. The van der Waals surface area contributed by atoms with Crippen LogP contribution in [-0.4, -0.2) is 29.9 Å². The monoisotopic (exact) mass is 254 g/mol. The van der Waals surface area contributed by atoms with Gasteiger partial charge in [0.15, 0.2) is 0 Å². The van der Waals surface area contributed by atoms with Gasteiger partial charge in [-0.3, -0.25) is 9.69 Å². The van der Waals surface area contributed by atoms with Crippen LogP contribution >= 0.6 is 0 Å². The van der Waals surface area contributed by atoms with Crippen molar-refractivity contribution in [3.8, 4) is 0 Å². The molecule has 0 aromatic rings. The minimum absolute atomic E-state index is 0.0556. The average Bonchev–Trinajstić information content (AvgIpc) is 2.79. The molecule has 1 aliphatic rings. The Hall–Kier alpha value is -0.570. The highest BCUT2D eigenvalue weighted by molar-refractivity contribution is 5.80. The van der Waals surface area contributed by atoms with Gasteiger partial charge in [0.2, 0.25) is 5.91 Å². The summed E-state index contributed by atoms with van der Waals surface area (Å²) in [5.74, 6) is 0.277. The van der Waals surface area contributed by atoms with Crippen molar-refractivity contribution in [2.75, 3.05) is 13.1 Å². The third kappa shape index (κ3) is 3.05. The zero-order valence-corrected chi connectivity index (χ0v) is 12.5.